The zero-order chi connectivity index (χ0) is 26.5. The van der Waals surface area contributed by atoms with E-state index in [0.29, 0.717) is 44.1 Å². The molecule has 1 aliphatic rings. The van der Waals surface area contributed by atoms with Crippen molar-refractivity contribution in [3.63, 3.8) is 0 Å². The molecule has 2 heterocycles. The van der Waals surface area contributed by atoms with Crippen LogP contribution in [-0.4, -0.2) is 40.6 Å². The fourth-order valence-corrected chi connectivity index (χ4v) is 4.43. The molecule has 0 saturated heterocycles. The van der Waals surface area contributed by atoms with Crippen molar-refractivity contribution in [3.8, 4) is 16.9 Å². The molecule has 7 nitrogen and oxygen atoms in total. The smallest absolute Gasteiger partial charge is 0.254 e. The van der Waals surface area contributed by atoms with Crippen LogP contribution in [0.5, 0.6) is 5.75 Å². The highest BCUT2D eigenvalue weighted by atomic mass is 19.1. The van der Waals surface area contributed by atoms with Crippen LogP contribution in [0.3, 0.4) is 0 Å². The van der Waals surface area contributed by atoms with Crippen LogP contribution in [0.2, 0.25) is 0 Å². The molecule has 37 heavy (non-hydrogen) atoms. The molecule has 4 rings (SSSR count). The monoisotopic (exact) mass is 503 g/mol. The van der Waals surface area contributed by atoms with E-state index in [1.165, 1.54) is 19.1 Å². The van der Waals surface area contributed by atoms with Crippen molar-refractivity contribution in [2.45, 2.75) is 46.6 Å². The minimum atomic E-state index is -0.628. The molecule has 3 aromatic rings. The van der Waals surface area contributed by atoms with Crippen molar-refractivity contribution in [2.24, 2.45) is 0 Å². The first-order valence-corrected chi connectivity index (χ1v) is 12.5. The summed E-state index contributed by atoms with van der Waals surface area (Å²) < 4.78 is 20.9. The summed E-state index contributed by atoms with van der Waals surface area (Å²) in [4.78, 5) is 43.1. The Balaban J connectivity index is 1.58. The Hall–Kier alpha value is -4.07. The van der Waals surface area contributed by atoms with Crippen LogP contribution in [0.4, 0.5) is 10.2 Å². The number of halogens is 1. The zero-order valence-electron chi connectivity index (χ0n) is 21.3. The van der Waals surface area contributed by atoms with Gasteiger partial charge in [0.25, 0.3) is 5.91 Å². The maximum atomic E-state index is 15.0. The van der Waals surface area contributed by atoms with Crippen LogP contribution in [-0.2, 0) is 17.8 Å². The third-order valence-electron chi connectivity index (χ3n) is 6.38. The lowest BCUT2D eigenvalue weighted by Crippen LogP contribution is -2.33. The highest BCUT2D eigenvalue weighted by molar-refractivity contribution is 5.99. The van der Waals surface area contributed by atoms with Crippen molar-refractivity contribution in [2.75, 3.05) is 18.5 Å². The first kappa shape index (κ1) is 26.0. The van der Waals surface area contributed by atoms with Gasteiger partial charge in [0, 0.05) is 41.4 Å². The topological polar surface area (TPSA) is 88.6 Å². The highest BCUT2D eigenvalue weighted by Gasteiger charge is 2.26. The average molecular weight is 504 g/mol. The van der Waals surface area contributed by atoms with Gasteiger partial charge in [-0.3, -0.25) is 14.4 Å². The van der Waals surface area contributed by atoms with E-state index in [1.807, 2.05) is 31.2 Å². The van der Waals surface area contributed by atoms with Gasteiger partial charge in [0.05, 0.1) is 12.1 Å². The van der Waals surface area contributed by atoms with Gasteiger partial charge >= 0.3 is 0 Å². The van der Waals surface area contributed by atoms with Crippen molar-refractivity contribution >= 4 is 23.4 Å². The molecule has 1 N–H and O–H groups in total. The number of rotatable bonds is 7. The van der Waals surface area contributed by atoms with Gasteiger partial charge < -0.3 is 15.0 Å². The first-order valence-electron chi connectivity index (χ1n) is 12.5. The summed E-state index contributed by atoms with van der Waals surface area (Å²) in [5.74, 6) is -0.201. The number of Topliss-reactive ketones (excluding diaryl/α,β-unsaturated/α-hetero) is 1. The number of carbonyl (C=O) groups excluding carboxylic acids is 3. The van der Waals surface area contributed by atoms with Crippen LogP contribution in [0.25, 0.3) is 11.1 Å². The minimum absolute atomic E-state index is 0.00727. The summed E-state index contributed by atoms with van der Waals surface area (Å²) in [5.41, 5.74) is 3.06. The second-order valence-corrected chi connectivity index (χ2v) is 8.99. The molecular formula is C29H30FN3O4. The van der Waals surface area contributed by atoms with Gasteiger partial charge in [-0.15, -0.1) is 0 Å². The minimum Gasteiger partial charge on any atom is -0.491 e. The van der Waals surface area contributed by atoms with Crippen LogP contribution < -0.4 is 10.1 Å². The number of amides is 2. The summed E-state index contributed by atoms with van der Waals surface area (Å²) in [7, 11) is 0. The number of ketones is 1. The van der Waals surface area contributed by atoms with E-state index in [-0.39, 0.29) is 34.3 Å². The molecule has 0 atom stereocenters. The number of anilines is 1. The summed E-state index contributed by atoms with van der Waals surface area (Å²) >= 11 is 0. The maximum Gasteiger partial charge on any atom is 0.254 e. The van der Waals surface area contributed by atoms with Gasteiger partial charge in [0.15, 0.2) is 5.78 Å². The molecule has 0 saturated carbocycles. The van der Waals surface area contributed by atoms with Crippen molar-refractivity contribution in [1.82, 2.24) is 9.88 Å². The predicted octanol–water partition coefficient (Wildman–Crippen LogP) is 5.43. The number of carbonyl (C=O) groups is 3. The zero-order valence-corrected chi connectivity index (χ0v) is 21.3. The number of hydrogen-bond donors (Lipinski definition) is 1. The normalized spacial score (nSPS) is 12.8. The quantitative estimate of drug-likeness (QED) is 0.435. The molecule has 1 aliphatic heterocycles. The Morgan fingerprint density at radius 1 is 1.05 bits per heavy atom. The fraction of sp³-hybridized carbons (Fsp3) is 0.310. The number of ether oxygens (including phenoxy) is 1. The second kappa shape index (κ2) is 11.3. The first-order chi connectivity index (χ1) is 17.8. The molecule has 0 spiro atoms. The molecule has 0 unspecified atom stereocenters. The van der Waals surface area contributed by atoms with Gasteiger partial charge in [0.1, 0.15) is 24.0 Å². The summed E-state index contributed by atoms with van der Waals surface area (Å²) in [5, 5.41) is 2.78. The van der Waals surface area contributed by atoms with E-state index in [9.17, 15) is 18.8 Å². The van der Waals surface area contributed by atoms with E-state index in [0.717, 1.165) is 23.1 Å². The number of benzene rings is 2. The van der Waals surface area contributed by atoms with Crippen LogP contribution in [0.1, 0.15) is 65.5 Å². The van der Waals surface area contributed by atoms with Gasteiger partial charge in [0.2, 0.25) is 5.91 Å². The Morgan fingerprint density at radius 3 is 2.49 bits per heavy atom. The summed E-state index contributed by atoms with van der Waals surface area (Å²) in [6, 6.07) is 12.3. The average Bonchev–Trinajstić information content (AvgIpc) is 3.10. The van der Waals surface area contributed by atoms with Crippen molar-refractivity contribution < 1.29 is 23.5 Å². The van der Waals surface area contributed by atoms with Crippen LogP contribution in [0.15, 0.2) is 48.7 Å². The molecule has 0 bridgehead atoms. The van der Waals surface area contributed by atoms with E-state index in [2.05, 4.69) is 10.3 Å². The summed E-state index contributed by atoms with van der Waals surface area (Å²) in [6.45, 7) is 5.96. The molecule has 0 fully saturated rings. The number of nitrogens with one attached hydrogen (secondary N) is 1. The lowest BCUT2D eigenvalue weighted by molar-refractivity contribution is -0.116. The molecule has 2 aromatic carbocycles. The van der Waals surface area contributed by atoms with Crippen LogP contribution in [0, 0.1) is 5.82 Å². The molecule has 0 aliphatic carbocycles. The van der Waals surface area contributed by atoms with Crippen molar-refractivity contribution in [3.05, 3.63) is 76.7 Å². The maximum absolute atomic E-state index is 15.0. The molecule has 0 radical (unpaired) electrons. The van der Waals surface area contributed by atoms with Gasteiger partial charge in [-0.2, -0.15) is 0 Å². The molecular weight excluding hydrogens is 473 g/mol. The highest BCUT2D eigenvalue weighted by Crippen LogP contribution is 2.30. The van der Waals surface area contributed by atoms with Gasteiger partial charge in [-0.25, -0.2) is 9.37 Å². The van der Waals surface area contributed by atoms with Crippen molar-refractivity contribution in [1.29, 1.82) is 0 Å². The second-order valence-electron chi connectivity index (χ2n) is 8.99. The lowest BCUT2D eigenvalue weighted by Gasteiger charge is -2.22. The Morgan fingerprint density at radius 2 is 1.81 bits per heavy atom. The molecule has 8 heteroatoms. The van der Waals surface area contributed by atoms with E-state index >= 15 is 0 Å². The number of aromatic nitrogens is 1. The SMILES string of the molecule is CCCC(=O)Nc1ccc(-c2ccc3c(c2)CN(C(=O)c2ccc(C(C)=O)c(F)c2CC)CCO3)cn1. The van der Waals surface area contributed by atoms with E-state index < -0.39 is 5.82 Å². The largest absolute Gasteiger partial charge is 0.491 e. The van der Waals surface area contributed by atoms with E-state index in [4.69, 9.17) is 4.74 Å². The molecule has 192 valence electrons. The number of hydrogen-bond acceptors (Lipinski definition) is 5. The number of nitrogens with zero attached hydrogens (tertiary/aromatic N) is 2. The molecule has 2 amide bonds. The standard InChI is InChI=1S/C29H30FN3O4/c1-4-6-27(35)32-26-12-8-20(16-31-26)19-7-11-25-21(15-19)17-33(13-14-37-25)29(36)24-10-9-23(18(3)34)28(30)22(24)5-2/h7-12,15-16H,4-6,13-14,17H2,1-3H3,(H,31,32,35). The Kier molecular flexibility index (Phi) is 7.96. The summed E-state index contributed by atoms with van der Waals surface area (Å²) in [6.07, 6.45) is 3.19. The lowest BCUT2D eigenvalue weighted by atomic mass is 9.97. The van der Waals surface area contributed by atoms with Gasteiger partial charge in [-0.05, 0) is 61.7 Å². The van der Waals surface area contributed by atoms with Crippen LogP contribution >= 0.6 is 0 Å². The van der Waals surface area contributed by atoms with E-state index in [1.54, 1.807) is 24.1 Å². The number of fused-ring (bicyclic) bond motifs is 1. The Labute approximate surface area is 215 Å². The third-order valence-corrected chi connectivity index (χ3v) is 6.38. The molecule has 1 aromatic heterocycles. The predicted molar refractivity (Wildman–Crippen MR) is 139 cm³/mol. The fourth-order valence-electron chi connectivity index (χ4n) is 4.43. The van der Waals surface area contributed by atoms with Gasteiger partial charge in [-0.1, -0.05) is 19.9 Å². The number of pyridine rings is 1. The Bertz CT molecular complexity index is 1340. The third kappa shape index (κ3) is 5.69.